The molecule has 3 nitrogen and oxygen atoms in total. The van der Waals surface area contributed by atoms with Gasteiger partial charge >= 0.3 is 0 Å². The summed E-state index contributed by atoms with van der Waals surface area (Å²) in [5.74, 6) is -0.0545. The molecule has 19 heavy (non-hydrogen) atoms. The quantitative estimate of drug-likeness (QED) is 0.721. The van der Waals surface area contributed by atoms with Gasteiger partial charge in [-0.2, -0.15) is 0 Å². The molecular weight excluding hydrogens is 260 g/mol. The van der Waals surface area contributed by atoms with E-state index < -0.39 is 0 Å². The number of nitrogens with one attached hydrogen (secondary N) is 1. The van der Waals surface area contributed by atoms with Gasteiger partial charge in [0.05, 0.1) is 0 Å². The number of hydrogen-bond acceptors (Lipinski definition) is 2. The second-order valence-corrected chi connectivity index (χ2v) is 4.80. The zero-order chi connectivity index (χ0) is 13.4. The van der Waals surface area contributed by atoms with E-state index in [0.717, 1.165) is 10.9 Å². The van der Waals surface area contributed by atoms with Gasteiger partial charge in [-0.3, -0.25) is 4.79 Å². The lowest BCUT2D eigenvalue weighted by Gasteiger charge is -2.02. The predicted molar refractivity (Wildman–Crippen MR) is 75.7 cm³/mol. The average molecular weight is 271 g/mol. The number of aromatic amines is 1. The van der Waals surface area contributed by atoms with Gasteiger partial charge in [0.2, 0.25) is 0 Å². The Morgan fingerprint density at radius 3 is 2.95 bits per heavy atom. The molecule has 0 amide bonds. The Morgan fingerprint density at radius 1 is 1.32 bits per heavy atom. The molecule has 0 fully saturated rings. The standard InChI is InChI=1S/C15H11ClN2O/c1-9-4-5-10(7-13(9)16)14(19)12-8-18-15-11(12)3-2-6-17-15/h2-8H,1H3,(H,17,18). The number of halogens is 1. The molecule has 0 radical (unpaired) electrons. The zero-order valence-corrected chi connectivity index (χ0v) is 11.0. The number of aryl methyl sites for hydroxylation is 1. The highest BCUT2D eigenvalue weighted by molar-refractivity contribution is 6.32. The number of ketones is 1. The van der Waals surface area contributed by atoms with Gasteiger partial charge in [0.1, 0.15) is 5.65 Å². The molecular formula is C15H11ClN2O. The molecule has 1 aromatic carbocycles. The maximum atomic E-state index is 12.5. The van der Waals surface area contributed by atoms with Crippen LogP contribution < -0.4 is 0 Å². The molecule has 2 heterocycles. The summed E-state index contributed by atoms with van der Waals surface area (Å²) in [5, 5.41) is 1.42. The lowest BCUT2D eigenvalue weighted by Crippen LogP contribution is -2.00. The Hall–Kier alpha value is -2.13. The van der Waals surface area contributed by atoms with Gasteiger partial charge < -0.3 is 4.98 Å². The van der Waals surface area contributed by atoms with Gasteiger partial charge in [-0.1, -0.05) is 23.7 Å². The summed E-state index contributed by atoms with van der Waals surface area (Å²) in [6, 6.07) is 9.03. The Kier molecular flexibility index (Phi) is 2.84. The number of benzene rings is 1. The topological polar surface area (TPSA) is 45.8 Å². The van der Waals surface area contributed by atoms with Crippen molar-refractivity contribution in [1.29, 1.82) is 0 Å². The van der Waals surface area contributed by atoms with Crippen molar-refractivity contribution in [2.45, 2.75) is 6.92 Å². The van der Waals surface area contributed by atoms with Crippen LogP contribution in [0.15, 0.2) is 42.7 Å². The molecule has 0 saturated carbocycles. The summed E-state index contributed by atoms with van der Waals surface area (Å²) >= 11 is 6.07. The van der Waals surface area contributed by atoms with Crippen LogP contribution in [0.4, 0.5) is 0 Å². The molecule has 0 bridgehead atoms. The number of pyridine rings is 1. The van der Waals surface area contributed by atoms with Gasteiger partial charge in [-0.25, -0.2) is 4.98 Å². The smallest absolute Gasteiger partial charge is 0.195 e. The molecule has 0 aliphatic heterocycles. The Balaban J connectivity index is 2.11. The van der Waals surface area contributed by atoms with Gasteiger partial charge in [0.25, 0.3) is 0 Å². The number of hydrogen-bond donors (Lipinski definition) is 1. The van der Waals surface area contributed by atoms with Crippen molar-refractivity contribution in [1.82, 2.24) is 9.97 Å². The monoisotopic (exact) mass is 270 g/mol. The van der Waals surface area contributed by atoms with E-state index >= 15 is 0 Å². The number of rotatable bonds is 2. The summed E-state index contributed by atoms with van der Waals surface area (Å²) in [4.78, 5) is 19.7. The molecule has 0 unspecified atom stereocenters. The Morgan fingerprint density at radius 2 is 2.16 bits per heavy atom. The lowest BCUT2D eigenvalue weighted by atomic mass is 10.0. The van der Waals surface area contributed by atoms with Crippen molar-refractivity contribution in [2.75, 3.05) is 0 Å². The maximum Gasteiger partial charge on any atom is 0.195 e. The number of fused-ring (bicyclic) bond motifs is 1. The number of nitrogens with zero attached hydrogens (tertiary/aromatic N) is 1. The van der Waals surface area contributed by atoms with Crippen molar-refractivity contribution in [3.8, 4) is 0 Å². The summed E-state index contributed by atoms with van der Waals surface area (Å²) < 4.78 is 0. The molecule has 0 aliphatic rings. The Bertz CT molecular complexity index is 777. The summed E-state index contributed by atoms with van der Waals surface area (Å²) in [5.41, 5.74) is 2.87. The van der Waals surface area contributed by atoms with Crippen molar-refractivity contribution in [3.63, 3.8) is 0 Å². The minimum Gasteiger partial charge on any atom is -0.345 e. The fourth-order valence-corrected chi connectivity index (χ4v) is 2.21. The first-order chi connectivity index (χ1) is 9.16. The van der Waals surface area contributed by atoms with E-state index in [1.807, 2.05) is 25.1 Å². The van der Waals surface area contributed by atoms with Crippen LogP contribution in [0.25, 0.3) is 11.0 Å². The summed E-state index contributed by atoms with van der Waals surface area (Å²) in [6.45, 7) is 1.91. The normalized spacial score (nSPS) is 10.8. The number of carbonyl (C=O) groups excluding carboxylic acids is 1. The molecule has 3 rings (SSSR count). The van der Waals surface area contributed by atoms with Crippen LogP contribution in [0.1, 0.15) is 21.5 Å². The molecule has 0 spiro atoms. The Labute approximate surface area is 115 Å². The highest BCUT2D eigenvalue weighted by Gasteiger charge is 2.15. The van der Waals surface area contributed by atoms with Gasteiger partial charge in [0.15, 0.2) is 5.78 Å². The molecule has 3 aromatic rings. The van der Waals surface area contributed by atoms with Crippen LogP contribution >= 0.6 is 11.6 Å². The number of aromatic nitrogens is 2. The molecule has 94 valence electrons. The highest BCUT2D eigenvalue weighted by Crippen LogP contribution is 2.22. The second kappa shape index (κ2) is 4.52. The largest absolute Gasteiger partial charge is 0.345 e. The van der Waals surface area contributed by atoms with E-state index in [1.165, 1.54) is 0 Å². The van der Waals surface area contributed by atoms with Crippen LogP contribution in [-0.4, -0.2) is 15.8 Å². The van der Waals surface area contributed by atoms with E-state index in [0.29, 0.717) is 21.8 Å². The van der Waals surface area contributed by atoms with Gasteiger partial charge in [-0.05, 0) is 30.7 Å². The fourth-order valence-electron chi connectivity index (χ4n) is 2.03. The average Bonchev–Trinajstić information content (AvgIpc) is 2.85. The van der Waals surface area contributed by atoms with Gasteiger partial charge in [-0.15, -0.1) is 0 Å². The third-order valence-corrected chi connectivity index (χ3v) is 3.54. The first-order valence-electron chi connectivity index (χ1n) is 5.90. The van der Waals surface area contributed by atoms with E-state index in [2.05, 4.69) is 9.97 Å². The molecule has 0 aliphatic carbocycles. The molecule has 2 aromatic heterocycles. The second-order valence-electron chi connectivity index (χ2n) is 4.40. The molecule has 1 N–H and O–H groups in total. The van der Waals surface area contributed by atoms with E-state index in [-0.39, 0.29) is 5.78 Å². The van der Waals surface area contributed by atoms with Crippen molar-refractivity contribution < 1.29 is 4.79 Å². The lowest BCUT2D eigenvalue weighted by molar-refractivity contribution is 0.104. The fraction of sp³-hybridized carbons (Fsp3) is 0.0667. The van der Waals surface area contributed by atoms with E-state index in [1.54, 1.807) is 24.5 Å². The number of carbonyl (C=O) groups is 1. The maximum absolute atomic E-state index is 12.5. The predicted octanol–water partition coefficient (Wildman–Crippen LogP) is 3.76. The highest BCUT2D eigenvalue weighted by atomic mass is 35.5. The van der Waals surface area contributed by atoms with Crippen molar-refractivity contribution in [2.24, 2.45) is 0 Å². The van der Waals surface area contributed by atoms with E-state index in [9.17, 15) is 4.79 Å². The minimum atomic E-state index is -0.0545. The van der Waals surface area contributed by atoms with Crippen LogP contribution in [-0.2, 0) is 0 Å². The zero-order valence-electron chi connectivity index (χ0n) is 10.3. The SMILES string of the molecule is Cc1ccc(C(=O)c2c[nH]c3ncccc23)cc1Cl. The first kappa shape index (κ1) is 11.9. The first-order valence-corrected chi connectivity index (χ1v) is 6.27. The summed E-state index contributed by atoms with van der Waals surface area (Å²) in [6.07, 6.45) is 3.38. The molecule has 0 saturated heterocycles. The van der Waals surface area contributed by atoms with Crippen molar-refractivity contribution >= 4 is 28.4 Å². The minimum absolute atomic E-state index is 0.0545. The van der Waals surface area contributed by atoms with E-state index in [4.69, 9.17) is 11.6 Å². The van der Waals surface area contributed by atoms with Crippen LogP contribution in [0.2, 0.25) is 5.02 Å². The molecule has 0 atom stereocenters. The number of H-pyrrole nitrogens is 1. The third-order valence-electron chi connectivity index (χ3n) is 3.13. The van der Waals surface area contributed by atoms with Crippen molar-refractivity contribution in [3.05, 3.63) is 64.4 Å². The van der Waals surface area contributed by atoms with Crippen LogP contribution in [0.5, 0.6) is 0 Å². The third kappa shape index (κ3) is 2.02. The molecule has 4 heteroatoms. The van der Waals surface area contributed by atoms with Gasteiger partial charge in [0, 0.05) is 33.9 Å². The van der Waals surface area contributed by atoms with Crippen LogP contribution in [0.3, 0.4) is 0 Å². The van der Waals surface area contributed by atoms with Crippen LogP contribution in [0, 0.1) is 6.92 Å². The summed E-state index contributed by atoms with van der Waals surface area (Å²) in [7, 11) is 0.